The molecule has 0 bridgehead atoms. The lowest BCUT2D eigenvalue weighted by atomic mass is 10.0. The average Bonchev–Trinajstić information content (AvgIpc) is 2.76. The second kappa shape index (κ2) is 9.68. The Hall–Kier alpha value is -3.29. The lowest BCUT2D eigenvalue weighted by molar-refractivity contribution is 0.156. The summed E-state index contributed by atoms with van der Waals surface area (Å²) >= 11 is 0. The summed E-state index contributed by atoms with van der Waals surface area (Å²) in [6, 6.07) is 6.95. The van der Waals surface area contributed by atoms with Crippen LogP contribution in [0.2, 0.25) is 0 Å². The van der Waals surface area contributed by atoms with Crippen LogP contribution >= 0.6 is 0 Å². The fourth-order valence-electron chi connectivity index (χ4n) is 2.92. The molecule has 0 aliphatic rings. The van der Waals surface area contributed by atoms with Crippen molar-refractivity contribution in [2.24, 2.45) is 0 Å². The van der Waals surface area contributed by atoms with Gasteiger partial charge in [-0.3, -0.25) is 4.98 Å². The number of aryl methyl sites for hydroxylation is 2. The highest BCUT2D eigenvalue weighted by molar-refractivity contribution is 5.60. The largest absolute Gasteiger partial charge is 0.469 e. The molecule has 31 heavy (non-hydrogen) atoms. The molecule has 3 rings (SSSR count). The van der Waals surface area contributed by atoms with E-state index in [2.05, 4.69) is 9.72 Å². The molecule has 0 unspecified atom stereocenters. The van der Waals surface area contributed by atoms with Crippen molar-refractivity contribution in [2.45, 2.75) is 19.8 Å². The molecule has 0 radical (unpaired) electrons. The molecule has 1 aromatic heterocycles. The zero-order valence-electron chi connectivity index (χ0n) is 16.4. The summed E-state index contributed by atoms with van der Waals surface area (Å²) in [5.41, 5.74) is 1.07. The van der Waals surface area contributed by atoms with E-state index >= 15 is 0 Å². The maximum Gasteiger partial charge on any atom is 0.309 e. The molecule has 2 nitrogen and oxygen atoms in total. The first-order valence-corrected chi connectivity index (χ1v) is 9.36. The quantitative estimate of drug-likeness (QED) is 0.233. The summed E-state index contributed by atoms with van der Waals surface area (Å²) in [5, 5.41) is 0. The third-order valence-corrected chi connectivity index (χ3v) is 4.54. The van der Waals surface area contributed by atoms with Crippen LogP contribution in [0.5, 0.6) is 0 Å². The van der Waals surface area contributed by atoms with E-state index in [1.165, 1.54) is 31.3 Å². The van der Waals surface area contributed by atoms with Gasteiger partial charge in [0, 0.05) is 17.3 Å². The SMILES string of the molecule is CCOC(F)=C(F)c1ccc(CCc2ccc(-c3cc(F)c(F)c(F)c3)nc2)c(F)c1. The van der Waals surface area contributed by atoms with Crippen molar-refractivity contribution in [3.8, 4) is 11.3 Å². The van der Waals surface area contributed by atoms with Crippen LogP contribution < -0.4 is 0 Å². The third kappa shape index (κ3) is 5.25. The molecule has 1 heterocycles. The van der Waals surface area contributed by atoms with Gasteiger partial charge in [-0.15, -0.1) is 0 Å². The van der Waals surface area contributed by atoms with Crippen molar-refractivity contribution >= 4 is 5.83 Å². The molecule has 0 N–H and O–H groups in total. The Labute approximate surface area is 174 Å². The number of nitrogens with zero attached hydrogens (tertiary/aromatic N) is 1. The Morgan fingerprint density at radius 3 is 2.16 bits per heavy atom. The second-order valence-corrected chi connectivity index (χ2v) is 6.63. The fraction of sp³-hybridized carbons (Fsp3) is 0.174. The van der Waals surface area contributed by atoms with Crippen molar-refractivity contribution in [2.75, 3.05) is 6.61 Å². The van der Waals surface area contributed by atoms with E-state index in [0.29, 0.717) is 17.5 Å². The Bertz CT molecular complexity index is 1090. The Kier molecular flexibility index (Phi) is 6.99. The zero-order chi connectivity index (χ0) is 22.5. The Balaban J connectivity index is 1.70. The van der Waals surface area contributed by atoms with Crippen molar-refractivity contribution in [1.82, 2.24) is 4.98 Å². The number of pyridine rings is 1. The molecule has 0 saturated heterocycles. The van der Waals surface area contributed by atoms with Gasteiger partial charge in [0.25, 0.3) is 0 Å². The van der Waals surface area contributed by atoms with Crippen LogP contribution in [0.25, 0.3) is 17.1 Å². The topological polar surface area (TPSA) is 22.1 Å². The first-order valence-electron chi connectivity index (χ1n) is 9.36. The van der Waals surface area contributed by atoms with Gasteiger partial charge in [-0.2, -0.15) is 8.78 Å². The van der Waals surface area contributed by atoms with Crippen LogP contribution in [0, 0.1) is 23.3 Å². The minimum absolute atomic E-state index is 0.0579. The van der Waals surface area contributed by atoms with Crippen LogP contribution in [0.4, 0.5) is 26.3 Å². The van der Waals surface area contributed by atoms with Crippen LogP contribution in [0.1, 0.15) is 23.6 Å². The summed E-state index contributed by atoms with van der Waals surface area (Å²) in [6.45, 7) is 1.44. The van der Waals surface area contributed by atoms with E-state index in [4.69, 9.17) is 0 Å². The monoisotopic (exact) mass is 437 g/mol. The molecule has 2 aromatic carbocycles. The van der Waals surface area contributed by atoms with Gasteiger partial charge in [-0.05, 0) is 55.2 Å². The van der Waals surface area contributed by atoms with Crippen molar-refractivity contribution in [3.63, 3.8) is 0 Å². The van der Waals surface area contributed by atoms with Gasteiger partial charge in [0.2, 0.25) is 5.83 Å². The number of ether oxygens (including phenoxy) is 1. The van der Waals surface area contributed by atoms with Gasteiger partial charge in [0.05, 0.1) is 12.3 Å². The smallest absolute Gasteiger partial charge is 0.309 e. The number of rotatable bonds is 7. The molecule has 0 aliphatic heterocycles. The summed E-state index contributed by atoms with van der Waals surface area (Å²) in [5.74, 6) is -6.15. The van der Waals surface area contributed by atoms with Crippen LogP contribution in [-0.4, -0.2) is 11.6 Å². The summed E-state index contributed by atoms with van der Waals surface area (Å²) in [7, 11) is 0. The molecular formula is C23H17F6NO. The molecule has 8 heteroatoms. The molecule has 0 saturated carbocycles. The minimum atomic E-state index is -1.55. The molecular weight excluding hydrogens is 420 g/mol. The molecule has 0 spiro atoms. The zero-order valence-corrected chi connectivity index (χ0v) is 16.4. The number of aromatic nitrogens is 1. The maximum atomic E-state index is 14.3. The van der Waals surface area contributed by atoms with E-state index in [9.17, 15) is 26.3 Å². The predicted octanol–water partition coefficient (Wildman–Crippen LogP) is 6.69. The number of hydrogen-bond donors (Lipinski definition) is 0. The number of benzene rings is 2. The van der Waals surface area contributed by atoms with E-state index in [0.717, 1.165) is 18.2 Å². The maximum absolute atomic E-state index is 14.3. The third-order valence-electron chi connectivity index (χ3n) is 4.54. The second-order valence-electron chi connectivity index (χ2n) is 6.63. The van der Waals surface area contributed by atoms with Gasteiger partial charge < -0.3 is 4.74 Å². The van der Waals surface area contributed by atoms with E-state index in [1.807, 2.05) is 0 Å². The van der Waals surface area contributed by atoms with Gasteiger partial charge in [0.15, 0.2) is 17.5 Å². The van der Waals surface area contributed by atoms with Gasteiger partial charge in [0.1, 0.15) is 5.82 Å². The fourth-order valence-corrected chi connectivity index (χ4v) is 2.92. The summed E-state index contributed by atoms with van der Waals surface area (Å²) in [4.78, 5) is 4.11. The van der Waals surface area contributed by atoms with Crippen LogP contribution in [-0.2, 0) is 17.6 Å². The van der Waals surface area contributed by atoms with Gasteiger partial charge in [-0.25, -0.2) is 17.6 Å². The normalized spacial score (nSPS) is 12.0. The van der Waals surface area contributed by atoms with Gasteiger partial charge >= 0.3 is 6.01 Å². The standard InChI is InChI=1S/C23H17F6NO/c1-2-31-23(29)21(27)15-7-6-14(17(24)9-15)5-3-13-4-8-20(30-12-13)16-10-18(25)22(28)19(26)11-16/h4,6-12H,2-3,5H2,1H3. The lowest BCUT2D eigenvalue weighted by Crippen LogP contribution is -1.98. The van der Waals surface area contributed by atoms with E-state index in [1.54, 1.807) is 6.07 Å². The van der Waals surface area contributed by atoms with E-state index in [-0.39, 0.29) is 29.8 Å². The average molecular weight is 437 g/mol. The van der Waals surface area contributed by atoms with Crippen LogP contribution in [0.15, 0.2) is 54.7 Å². The molecule has 3 aromatic rings. The summed E-state index contributed by atoms with van der Waals surface area (Å²) < 4.78 is 85.8. The van der Waals surface area contributed by atoms with E-state index < -0.39 is 35.1 Å². The first-order chi connectivity index (χ1) is 14.8. The number of halogens is 6. The van der Waals surface area contributed by atoms with Crippen LogP contribution in [0.3, 0.4) is 0 Å². The molecule has 0 fully saturated rings. The molecule has 0 aliphatic carbocycles. The van der Waals surface area contributed by atoms with Crippen molar-refractivity contribution in [1.29, 1.82) is 0 Å². The van der Waals surface area contributed by atoms with Gasteiger partial charge in [-0.1, -0.05) is 18.2 Å². The highest BCUT2D eigenvalue weighted by atomic mass is 19.2. The van der Waals surface area contributed by atoms with Crippen molar-refractivity contribution < 1.29 is 31.1 Å². The predicted molar refractivity (Wildman–Crippen MR) is 104 cm³/mol. The molecule has 162 valence electrons. The minimum Gasteiger partial charge on any atom is -0.469 e. The Morgan fingerprint density at radius 1 is 0.871 bits per heavy atom. The highest BCUT2D eigenvalue weighted by Gasteiger charge is 2.14. The van der Waals surface area contributed by atoms with Crippen molar-refractivity contribution in [3.05, 3.63) is 94.6 Å². The Morgan fingerprint density at radius 2 is 1.58 bits per heavy atom. The summed E-state index contributed by atoms with van der Waals surface area (Å²) in [6.07, 6.45) is 2.09. The first kappa shape index (κ1) is 22.4. The molecule has 0 amide bonds. The molecule has 0 atom stereocenters. The number of hydrogen-bond acceptors (Lipinski definition) is 2. The highest BCUT2D eigenvalue weighted by Crippen LogP contribution is 2.25. The lowest BCUT2D eigenvalue weighted by Gasteiger charge is -2.08.